The average molecular weight is 393 g/mol. The lowest BCUT2D eigenvalue weighted by Gasteiger charge is -2.14. The second-order valence-corrected chi connectivity index (χ2v) is 6.19. The Bertz CT molecular complexity index is 786. The molecule has 2 N–H and O–H groups in total. The number of halogens is 1. The molecule has 6 nitrogen and oxygen atoms in total. The smallest absolute Gasteiger partial charge is 0.224 e. The highest BCUT2D eigenvalue weighted by Crippen LogP contribution is 2.38. The summed E-state index contributed by atoms with van der Waals surface area (Å²) >= 11 is 0. The first-order valence-electron chi connectivity index (χ1n) is 8.51. The Morgan fingerprint density at radius 2 is 1.63 bits per heavy atom. The van der Waals surface area contributed by atoms with E-state index >= 15 is 0 Å². The first-order valence-corrected chi connectivity index (χ1v) is 8.51. The van der Waals surface area contributed by atoms with E-state index in [1.807, 2.05) is 0 Å². The van der Waals surface area contributed by atoms with E-state index in [0.717, 1.165) is 24.2 Å². The van der Waals surface area contributed by atoms with Crippen molar-refractivity contribution in [3.05, 3.63) is 52.6 Å². The van der Waals surface area contributed by atoms with Gasteiger partial charge in [-0.15, -0.1) is 12.4 Å². The number of fused-ring (bicyclic) bond motifs is 1. The lowest BCUT2D eigenvalue weighted by molar-refractivity contribution is -0.120. The van der Waals surface area contributed by atoms with Gasteiger partial charge < -0.3 is 24.8 Å². The standard InChI is InChI=1S/C20H24N2O4.ClH/c1-24-17-7-14(8-18(25-2)20(17)26-3)9-19(23)22-10-13-4-5-15-11-21-12-16(15)6-13;/h4-8,21H,9-12H2,1-3H3,(H,22,23);1H. The summed E-state index contributed by atoms with van der Waals surface area (Å²) in [7, 11) is 4.67. The molecule has 0 saturated heterocycles. The van der Waals surface area contributed by atoms with Crippen LogP contribution in [0.3, 0.4) is 0 Å². The minimum atomic E-state index is -0.0575. The van der Waals surface area contributed by atoms with Gasteiger partial charge >= 0.3 is 0 Å². The molecule has 0 atom stereocenters. The zero-order valence-electron chi connectivity index (χ0n) is 15.8. The normalized spacial score (nSPS) is 12.0. The number of benzene rings is 2. The van der Waals surface area contributed by atoms with Gasteiger partial charge in [-0.05, 0) is 34.4 Å². The van der Waals surface area contributed by atoms with Crippen molar-refractivity contribution in [3.63, 3.8) is 0 Å². The number of rotatable bonds is 7. The fourth-order valence-corrected chi connectivity index (χ4v) is 3.14. The molecule has 0 saturated carbocycles. The highest BCUT2D eigenvalue weighted by Gasteiger charge is 2.15. The predicted molar refractivity (Wildman–Crippen MR) is 106 cm³/mol. The van der Waals surface area contributed by atoms with Gasteiger partial charge in [0.25, 0.3) is 0 Å². The zero-order chi connectivity index (χ0) is 18.5. The molecule has 0 spiro atoms. The third-order valence-corrected chi connectivity index (χ3v) is 4.48. The lowest BCUT2D eigenvalue weighted by Crippen LogP contribution is -2.24. The van der Waals surface area contributed by atoms with Gasteiger partial charge in [0.15, 0.2) is 11.5 Å². The molecule has 1 heterocycles. The van der Waals surface area contributed by atoms with E-state index in [-0.39, 0.29) is 24.7 Å². The fraction of sp³-hybridized carbons (Fsp3) is 0.350. The van der Waals surface area contributed by atoms with Gasteiger partial charge in [-0.25, -0.2) is 0 Å². The number of carbonyl (C=O) groups excluding carboxylic acids is 1. The summed E-state index contributed by atoms with van der Waals surface area (Å²) in [5, 5.41) is 6.29. The van der Waals surface area contributed by atoms with Crippen LogP contribution in [0.25, 0.3) is 0 Å². The third-order valence-electron chi connectivity index (χ3n) is 4.48. The number of methoxy groups -OCH3 is 3. The molecule has 0 radical (unpaired) electrons. The molecular formula is C20H25ClN2O4. The van der Waals surface area contributed by atoms with Crippen molar-refractivity contribution in [1.82, 2.24) is 10.6 Å². The number of ether oxygens (including phenoxy) is 3. The second kappa shape index (κ2) is 9.48. The van der Waals surface area contributed by atoms with Gasteiger partial charge in [-0.3, -0.25) is 4.79 Å². The SMILES string of the molecule is COc1cc(CC(=O)NCc2ccc3c(c2)CNC3)cc(OC)c1OC.Cl. The van der Waals surface area contributed by atoms with Gasteiger partial charge in [0, 0.05) is 19.6 Å². The van der Waals surface area contributed by atoms with E-state index in [9.17, 15) is 4.79 Å². The van der Waals surface area contributed by atoms with Gasteiger partial charge in [-0.2, -0.15) is 0 Å². The van der Waals surface area contributed by atoms with Crippen molar-refractivity contribution in [1.29, 1.82) is 0 Å². The summed E-state index contributed by atoms with van der Waals surface area (Å²) in [5.41, 5.74) is 4.54. The third kappa shape index (κ3) is 4.84. The molecule has 0 aromatic heterocycles. The van der Waals surface area contributed by atoms with Crippen molar-refractivity contribution >= 4 is 18.3 Å². The molecule has 0 aliphatic carbocycles. The Hall–Kier alpha value is -2.44. The molecular weight excluding hydrogens is 368 g/mol. The van der Waals surface area contributed by atoms with Gasteiger partial charge in [-0.1, -0.05) is 18.2 Å². The van der Waals surface area contributed by atoms with Crippen LogP contribution >= 0.6 is 12.4 Å². The van der Waals surface area contributed by atoms with E-state index in [4.69, 9.17) is 14.2 Å². The highest BCUT2D eigenvalue weighted by molar-refractivity contribution is 5.85. The summed E-state index contributed by atoms with van der Waals surface area (Å²) in [6, 6.07) is 9.92. The lowest BCUT2D eigenvalue weighted by atomic mass is 10.1. The van der Waals surface area contributed by atoms with Crippen molar-refractivity contribution in [2.75, 3.05) is 21.3 Å². The maximum absolute atomic E-state index is 12.3. The topological polar surface area (TPSA) is 68.8 Å². The molecule has 1 aliphatic heterocycles. The molecule has 3 rings (SSSR count). The Labute approximate surface area is 165 Å². The van der Waals surface area contributed by atoms with Crippen LogP contribution in [0.2, 0.25) is 0 Å². The molecule has 27 heavy (non-hydrogen) atoms. The first kappa shape index (κ1) is 20.9. The van der Waals surface area contributed by atoms with Gasteiger partial charge in [0.1, 0.15) is 0 Å². The summed E-state index contributed by atoms with van der Waals surface area (Å²) in [4.78, 5) is 12.3. The average Bonchev–Trinajstić information content (AvgIpc) is 3.13. The van der Waals surface area contributed by atoms with E-state index in [0.29, 0.717) is 23.8 Å². The van der Waals surface area contributed by atoms with E-state index in [1.165, 1.54) is 11.1 Å². The number of carbonyl (C=O) groups is 1. The van der Waals surface area contributed by atoms with Crippen LogP contribution in [0.1, 0.15) is 22.3 Å². The van der Waals surface area contributed by atoms with Crippen LogP contribution in [-0.2, 0) is 30.8 Å². The van der Waals surface area contributed by atoms with Crippen molar-refractivity contribution in [2.24, 2.45) is 0 Å². The number of amides is 1. The Balaban J connectivity index is 0.00000261. The summed E-state index contributed by atoms with van der Waals surface area (Å²) in [5.74, 6) is 1.55. The maximum Gasteiger partial charge on any atom is 0.224 e. The van der Waals surface area contributed by atoms with Crippen LogP contribution in [0.4, 0.5) is 0 Å². The quantitative estimate of drug-likeness (QED) is 0.758. The second-order valence-electron chi connectivity index (χ2n) is 6.19. The van der Waals surface area contributed by atoms with Crippen LogP contribution < -0.4 is 24.8 Å². The summed E-state index contributed by atoms with van der Waals surface area (Å²) < 4.78 is 16.0. The van der Waals surface area contributed by atoms with Crippen molar-refractivity contribution in [2.45, 2.75) is 26.1 Å². The van der Waals surface area contributed by atoms with Crippen LogP contribution in [0, 0.1) is 0 Å². The largest absolute Gasteiger partial charge is 0.493 e. The monoisotopic (exact) mass is 392 g/mol. The molecule has 7 heteroatoms. The van der Waals surface area contributed by atoms with Gasteiger partial charge in [0.2, 0.25) is 11.7 Å². The van der Waals surface area contributed by atoms with E-state index in [1.54, 1.807) is 33.5 Å². The molecule has 146 valence electrons. The zero-order valence-corrected chi connectivity index (χ0v) is 16.6. The van der Waals surface area contributed by atoms with Gasteiger partial charge in [0.05, 0.1) is 27.8 Å². The Morgan fingerprint density at radius 1 is 0.963 bits per heavy atom. The number of hydrogen-bond acceptors (Lipinski definition) is 5. The number of hydrogen-bond donors (Lipinski definition) is 2. The van der Waals surface area contributed by atoms with Crippen LogP contribution in [-0.4, -0.2) is 27.2 Å². The molecule has 0 bridgehead atoms. The molecule has 2 aromatic carbocycles. The summed E-state index contributed by atoms with van der Waals surface area (Å²) in [6.07, 6.45) is 0.239. The Morgan fingerprint density at radius 3 is 2.26 bits per heavy atom. The minimum Gasteiger partial charge on any atom is -0.493 e. The fourth-order valence-electron chi connectivity index (χ4n) is 3.14. The van der Waals surface area contributed by atoms with Crippen LogP contribution in [0.15, 0.2) is 30.3 Å². The summed E-state index contributed by atoms with van der Waals surface area (Å²) in [6.45, 7) is 2.32. The number of nitrogens with one attached hydrogen (secondary N) is 2. The molecule has 1 aliphatic rings. The minimum absolute atomic E-state index is 0. The molecule has 2 aromatic rings. The molecule has 0 unspecified atom stereocenters. The molecule has 1 amide bonds. The highest BCUT2D eigenvalue weighted by atomic mass is 35.5. The maximum atomic E-state index is 12.3. The Kier molecular flexibility index (Phi) is 7.33. The van der Waals surface area contributed by atoms with Crippen LogP contribution in [0.5, 0.6) is 17.2 Å². The van der Waals surface area contributed by atoms with E-state index in [2.05, 4.69) is 28.8 Å². The molecule has 0 fully saturated rings. The first-order chi connectivity index (χ1) is 12.6. The van der Waals surface area contributed by atoms with Crippen molar-refractivity contribution < 1.29 is 19.0 Å². The predicted octanol–water partition coefficient (Wildman–Crippen LogP) is 2.60. The van der Waals surface area contributed by atoms with Crippen molar-refractivity contribution in [3.8, 4) is 17.2 Å². The van der Waals surface area contributed by atoms with E-state index < -0.39 is 0 Å².